The van der Waals surface area contributed by atoms with Crippen LogP contribution in [0, 0.1) is 0 Å². The molecule has 1 aromatic rings. The molecular formula is C15H20ClN3O4. The topological polar surface area (TPSA) is 93.9 Å². The maximum Gasteiger partial charge on any atom is 0.409 e. The molecule has 0 aromatic heterocycles. The summed E-state index contributed by atoms with van der Waals surface area (Å²) in [6.45, 7) is 2.45. The number of cyclic esters (lactones) is 1. The number of ether oxygens (including phenoxy) is 2. The van der Waals surface area contributed by atoms with Crippen LogP contribution in [-0.4, -0.2) is 56.3 Å². The second-order valence-corrected chi connectivity index (χ2v) is 5.42. The van der Waals surface area contributed by atoms with Gasteiger partial charge in [-0.2, -0.15) is 0 Å². The monoisotopic (exact) mass is 341 g/mol. The molecule has 0 bridgehead atoms. The summed E-state index contributed by atoms with van der Waals surface area (Å²) in [5.41, 5.74) is 5.75. The molecule has 7 nitrogen and oxygen atoms in total. The lowest BCUT2D eigenvalue weighted by molar-refractivity contribution is 0.0719. The van der Waals surface area contributed by atoms with Gasteiger partial charge in [-0.05, 0) is 24.6 Å². The normalized spacial score (nSPS) is 14.3. The average molecular weight is 342 g/mol. The van der Waals surface area contributed by atoms with Crippen LogP contribution in [0.1, 0.15) is 16.8 Å². The molecule has 2 amide bonds. The molecule has 1 fully saturated rings. The molecule has 0 saturated carbocycles. The molecule has 8 heteroatoms. The summed E-state index contributed by atoms with van der Waals surface area (Å²) in [5.74, 6) is 0.111. The third kappa shape index (κ3) is 5.01. The quantitative estimate of drug-likeness (QED) is 0.778. The summed E-state index contributed by atoms with van der Waals surface area (Å²) >= 11 is 5.94. The minimum Gasteiger partial charge on any atom is -0.491 e. The van der Waals surface area contributed by atoms with Crippen LogP contribution in [0.3, 0.4) is 0 Å². The van der Waals surface area contributed by atoms with Crippen molar-refractivity contribution in [3.05, 3.63) is 28.8 Å². The van der Waals surface area contributed by atoms with E-state index in [0.29, 0.717) is 55.7 Å². The first-order chi connectivity index (χ1) is 11.1. The van der Waals surface area contributed by atoms with Crippen molar-refractivity contribution in [1.29, 1.82) is 0 Å². The Labute approximate surface area is 139 Å². The smallest absolute Gasteiger partial charge is 0.409 e. The van der Waals surface area contributed by atoms with E-state index < -0.39 is 0 Å². The molecule has 126 valence electrons. The van der Waals surface area contributed by atoms with Crippen LogP contribution in [0.5, 0.6) is 5.75 Å². The number of nitrogens with one attached hydrogen (secondary N) is 1. The van der Waals surface area contributed by atoms with E-state index >= 15 is 0 Å². The maximum absolute atomic E-state index is 12.3. The fraction of sp³-hybridized carbons (Fsp3) is 0.467. The lowest BCUT2D eigenvalue weighted by atomic mass is 10.2. The van der Waals surface area contributed by atoms with Gasteiger partial charge in [0.05, 0.1) is 12.2 Å². The Kier molecular flexibility index (Phi) is 6.49. The van der Waals surface area contributed by atoms with Gasteiger partial charge < -0.3 is 25.4 Å². The molecule has 0 atom stereocenters. The summed E-state index contributed by atoms with van der Waals surface area (Å²) < 4.78 is 10.4. The molecule has 0 radical (unpaired) electrons. The highest BCUT2D eigenvalue weighted by atomic mass is 35.5. The highest BCUT2D eigenvalue weighted by Gasteiger charge is 2.19. The number of benzene rings is 1. The third-order valence-corrected chi connectivity index (χ3v) is 3.52. The van der Waals surface area contributed by atoms with Crippen molar-refractivity contribution in [2.45, 2.75) is 6.42 Å². The third-order valence-electron chi connectivity index (χ3n) is 3.29. The van der Waals surface area contributed by atoms with E-state index in [9.17, 15) is 9.59 Å². The van der Waals surface area contributed by atoms with Gasteiger partial charge >= 0.3 is 6.09 Å². The van der Waals surface area contributed by atoms with Gasteiger partial charge in [0.2, 0.25) is 0 Å². The van der Waals surface area contributed by atoms with Crippen LogP contribution >= 0.6 is 11.6 Å². The predicted molar refractivity (Wildman–Crippen MR) is 85.9 cm³/mol. The average Bonchev–Trinajstić information content (AvgIpc) is 2.55. The number of carbonyl (C=O) groups is 2. The van der Waals surface area contributed by atoms with Gasteiger partial charge in [0.25, 0.3) is 5.91 Å². The minimum absolute atomic E-state index is 0.307. The summed E-state index contributed by atoms with van der Waals surface area (Å²) in [5, 5.41) is 3.19. The molecular weight excluding hydrogens is 322 g/mol. The van der Waals surface area contributed by atoms with Crippen LogP contribution < -0.4 is 15.8 Å². The summed E-state index contributed by atoms with van der Waals surface area (Å²) in [7, 11) is 0. The molecule has 1 heterocycles. The van der Waals surface area contributed by atoms with Crippen molar-refractivity contribution in [3.63, 3.8) is 0 Å². The van der Waals surface area contributed by atoms with Gasteiger partial charge in [-0.25, -0.2) is 4.79 Å². The first-order valence-electron chi connectivity index (χ1n) is 7.44. The lowest BCUT2D eigenvalue weighted by Crippen LogP contribution is -2.42. The molecule has 1 aromatic carbocycles. The number of carbonyl (C=O) groups excluding carboxylic acids is 2. The summed E-state index contributed by atoms with van der Waals surface area (Å²) in [6.07, 6.45) is 0.450. The first kappa shape index (κ1) is 17.4. The fourth-order valence-corrected chi connectivity index (χ4v) is 2.35. The molecule has 1 aliphatic rings. The van der Waals surface area contributed by atoms with E-state index in [1.807, 2.05) is 0 Å². The zero-order valence-electron chi connectivity index (χ0n) is 12.7. The van der Waals surface area contributed by atoms with Gasteiger partial charge in [0.15, 0.2) is 0 Å². The molecule has 0 spiro atoms. The number of rotatable bonds is 7. The highest BCUT2D eigenvalue weighted by molar-refractivity contribution is 6.31. The SMILES string of the molecule is NCCOc1ccc(Cl)cc1C(=O)NCCN1CCCOC1=O. The van der Waals surface area contributed by atoms with Crippen molar-refractivity contribution in [3.8, 4) is 5.75 Å². The van der Waals surface area contributed by atoms with Crippen molar-refractivity contribution >= 4 is 23.6 Å². The molecule has 0 aliphatic carbocycles. The van der Waals surface area contributed by atoms with Gasteiger partial charge in [0, 0.05) is 31.2 Å². The standard InChI is InChI=1S/C15H20ClN3O4/c16-11-2-3-13(22-9-4-17)12(10-11)14(20)18-5-7-19-6-1-8-23-15(19)21/h2-3,10H,1,4-9,17H2,(H,18,20). The van der Waals surface area contributed by atoms with E-state index in [4.69, 9.17) is 26.8 Å². The van der Waals surface area contributed by atoms with E-state index in [0.717, 1.165) is 6.42 Å². The second-order valence-electron chi connectivity index (χ2n) is 4.99. The fourth-order valence-electron chi connectivity index (χ4n) is 2.17. The summed E-state index contributed by atoms with van der Waals surface area (Å²) in [4.78, 5) is 25.4. The van der Waals surface area contributed by atoms with Gasteiger partial charge in [-0.1, -0.05) is 11.6 Å². The predicted octanol–water partition coefficient (Wildman–Crippen LogP) is 1.25. The zero-order chi connectivity index (χ0) is 16.7. The van der Waals surface area contributed by atoms with E-state index in [2.05, 4.69) is 5.32 Å². The first-order valence-corrected chi connectivity index (χ1v) is 7.82. The number of halogens is 1. The number of hydrogen-bond acceptors (Lipinski definition) is 5. The molecule has 1 saturated heterocycles. The Morgan fingerprint density at radius 3 is 3.04 bits per heavy atom. The summed E-state index contributed by atoms with van der Waals surface area (Å²) in [6, 6.07) is 4.82. The number of nitrogens with two attached hydrogens (primary N) is 1. The van der Waals surface area contributed by atoms with E-state index in [1.165, 1.54) is 6.07 Å². The second kappa shape index (κ2) is 8.59. The largest absolute Gasteiger partial charge is 0.491 e. The Morgan fingerprint density at radius 1 is 1.48 bits per heavy atom. The van der Waals surface area contributed by atoms with Crippen molar-refractivity contribution < 1.29 is 19.1 Å². The Morgan fingerprint density at radius 2 is 2.30 bits per heavy atom. The van der Waals surface area contributed by atoms with E-state index in [-0.39, 0.29) is 12.0 Å². The number of nitrogens with zero attached hydrogens (tertiary/aromatic N) is 1. The van der Waals surface area contributed by atoms with Crippen LogP contribution in [-0.2, 0) is 4.74 Å². The van der Waals surface area contributed by atoms with Crippen LogP contribution in [0.4, 0.5) is 4.79 Å². The molecule has 23 heavy (non-hydrogen) atoms. The number of amides is 2. The van der Waals surface area contributed by atoms with Crippen LogP contribution in [0.2, 0.25) is 5.02 Å². The minimum atomic E-state index is -0.347. The Hall–Kier alpha value is -1.99. The number of hydrogen-bond donors (Lipinski definition) is 2. The molecule has 0 unspecified atom stereocenters. The molecule has 3 N–H and O–H groups in total. The zero-order valence-corrected chi connectivity index (χ0v) is 13.5. The molecule has 1 aliphatic heterocycles. The highest BCUT2D eigenvalue weighted by Crippen LogP contribution is 2.22. The maximum atomic E-state index is 12.3. The Bertz CT molecular complexity index is 568. The van der Waals surface area contributed by atoms with Gasteiger partial charge in [-0.15, -0.1) is 0 Å². The van der Waals surface area contributed by atoms with Gasteiger partial charge in [-0.3, -0.25) is 4.79 Å². The molecule has 2 rings (SSSR count). The Balaban J connectivity index is 1.91. The van der Waals surface area contributed by atoms with Crippen LogP contribution in [0.15, 0.2) is 18.2 Å². The van der Waals surface area contributed by atoms with Crippen molar-refractivity contribution in [2.75, 3.05) is 39.4 Å². The van der Waals surface area contributed by atoms with Crippen molar-refractivity contribution in [1.82, 2.24) is 10.2 Å². The van der Waals surface area contributed by atoms with E-state index in [1.54, 1.807) is 17.0 Å². The van der Waals surface area contributed by atoms with Crippen molar-refractivity contribution in [2.24, 2.45) is 5.73 Å². The van der Waals surface area contributed by atoms with Crippen LogP contribution in [0.25, 0.3) is 0 Å². The van der Waals surface area contributed by atoms with Gasteiger partial charge in [0.1, 0.15) is 12.4 Å². The lowest BCUT2D eigenvalue weighted by Gasteiger charge is -2.26.